The summed E-state index contributed by atoms with van der Waals surface area (Å²) < 4.78 is 16.7. The van der Waals surface area contributed by atoms with Crippen LogP contribution < -0.4 is 10.1 Å². The van der Waals surface area contributed by atoms with Crippen LogP contribution in [-0.4, -0.2) is 50.4 Å². The number of rotatable bonds is 7. The molecule has 0 saturated carbocycles. The molecule has 6 heteroatoms. The predicted molar refractivity (Wildman–Crippen MR) is 107 cm³/mol. The third kappa shape index (κ3) is 3.98. The standard InChI is InChI=1S/C22H26N2O4/c1-26-14-12-24-21(23-20-7-3-2-6-19(20)22(24)25)16-8-10-17(11-9-16)28-15-18-5-4-13-27-18/h2-3,6-11,18,21,23H,4-5,12-15H2,1H3. The Labute approximate surface area is 165 Å². The number of hydrogen-bond donors (Lipinski definition) is 1. The molecule has 0 bridgehead atoms. The van der Waals surface area contributed by atoms with Crippen molar-refractivity contribution in [3.63, 3.8) is 0 Å². The lowest BCUT2D eigenvalue weighted by Crippen LogP contribution is -2.44. The Morgan fingerprint density at radius 3 is 2.75 bits per heavy atom. The van der Waals surface area contributed by atoms with Gasteiger partial charge in [0.1, 0.15) is 18.5 Å². The summed E-state index contributed by atoms with van der Waals surface area (Å²) in [6, 6.07) is 15.5. The minimum atomic E-state index is -0.246. The lowest BCUT2D eigenvalue weighted by atomic mass is 10.0. The van der Waals surface area contributed by atoms with Crippen molar-refractivity contribution in [3.05, 3.63) is 59.7 Å². The normalized spacial score (nSPS) is 21.3. The molecular formula is C22H26N2O4. The van der Waals surface area contributed by atoms with Crippen molar-refractivity contribution in [2.24, 2.45) is 0 Å². The smallest absolute Gasteiger partial charge is 0.257 e. The zero-order valence-electron chi connectivity index (χ0n) is 16.1. The summed E-state index contributed by atoms with van der Waals surface area (Å²) >= 11 is 0. The molecule has 1 saturated heterocycles. The van der Waals surface area contributed by atoms with Crippen LogP contribution in [0.5, 0.6) is 5.75 Å². The molecule has 2 aromatic rings. The van der Waals surface area contributed by atoms with E-state index in [1.807, 2.05) is 53.4 Å². The van der Waals surface area contributed by atoms with Crippen molar-refractivity contribution in [2.45, 2.75) is 25.1 Å². The van der Waals surface area contributed by atoms with E-state index in [1.54, 1.807) is 7.11 Å². The molecule has 2 heterocycles. The molecule has 1 fully saturated rings. The molecule has 2 aliphatic heterocycles. The molecule has 148 valence electrons. The van der Waals surface area contributed by atoms with Crippen LogP contribution in [0.2, 0.25) is 0 Å². The molecule has 2 aromatic carbocycles. The maximum Gasteiger partial charge on any atom is 0.257 e. The van der Waals surface area contributed by atoms with E-state index >= 15 is 0 Å². The van der Waals surface area contributed by atoms with Crippen molar-refractivity contribution in [1.29, 1.82) is 0 Å². The van der Waals surface area contributed by atoms with Crippen LogP contribution in [-0.2, 0) is 9.47 Å². The fraction of sp³-hybridized carbons (Fsp3) is 0.409. The second-order valence-corrected chi connectivity index (χ2v) is 7.10. The summed E-state index contributed by atoms with van der Waals surface area (Å²) in [5, 5.41) is 3.49. The number of fused-ring (bicyclic) bond motifs is 1. The van der Waals surface area contributed by atoms with E-state index in [9.17, 15) is 4.79 Å². The van der Waals surface area contributed by atoms with E-state index in [0.717, 1.165) is 36.4 Å². The van der Waals surface area contributed by atoms with Gasteiger partial charge in [-0.25, -0.2) is 0 Å². The second kappa shape index (κ2) is 8.63. The van der Waals surface area contributed by atoms with Crippen LogP contribution in [0.3, 0.4) is 0 Å². The quantitative estimate of drug-likeness (QED) is 0.795. The first kappa shape index (κ1) is 18.8. The fourth-order valence-corrected chi connectivity index (χ4v) is 3.69. The predicted octanol–water partition coefficient (Wildman–Crippen LogP) is 3.46. The van der Waals surface area contributed by atoms with Crippen molar-refractivity contribution >= 4 is 11.6 Å². The van der Waals surface area contributed by atoms with Gasteiger partial charge < -0.3 is 24.4 Å². The number of amides is 1. The van der Waals surface area contributed by atoms with Crippen LogP contribution in [0, 0.1) is 0 Å². The Kier molecular flexibility index (Phi) is 5.78. The van der Waals surface area contributed by atoms with Crippen molar-refractivity contribution in [2.75, 3.05) is 38.8 Å². The summed E-state index contributed by atoms with van der Waals surface area (Å²) in [6.07, 6.45) is 2.11. The van der Waals surface area contributed by atoms with Gasteiger partial charge in [-0.1, -0.05) is 24.3 Å². The van der Waals surface area contributed by atoms with Crippen molar-refractivity contribution in [1.82, 2.24) is 4.90 Å². The average molecular weight is 382 g/mol. The number of para-hydroxylation sites is 1. The van der Waals surface area contributed by atoms with Gasteiger partial charge in [0.2, 0.25) is 0 Å². The molecule has 2 atom stereocenters. The van der Waals surface area contributed by atoms with E-state index in [0.29, 0.717) is 25.3 Å². The van der Waals surface area contributed by atoms with Crippen LogP contribution in [0.15, 0.2) is 48.5 Å². The van der Waals surface area contributed by atoms with E-state index in [2.05, 4.69) is 5.32 Å². The Bertz CT molecular complexity index is 802. The molecule has 4 rings (SSSR count). The summed E-state index contributed by atoms with van der Waals surface area (Å²) in [5.74, 6) is 0.820. The molecule has 0 radical (unpaired) electrons. The van der Waals surface area contributed by atoms with Crippen LogP contribution in [0.1, 0.15) is 34.9 Å². The number of ether oxygens (including phenoxy) is 3. The number of carbonyl (C=O) groups excluding carboxylic acids is 1. The molecule has 0 aromatic heterocycles. The Hall–Kier alpha value is -2.57. The summed E-state index contributed by atoms with van der Waals surface area (Å²) in [6.45, 7) is 2.40. The largest absolute Gasteiger partial charge is 0.491 e. The van der Waals surface area contributed by atoms with Gasteiger partial charge in [-0.15, -0.1) is 0 Å². The Balaban J connectivity index is 1.51. The molecule has 2 unspecified atom stereocenters. The number of anilines is 1. The number of methoxy groups -OCH3 is 1. The van der Waals surface area contributed by atoms with Crippen molar-refractivity contribution < 1.29 is 19.0 Å². The molecule has 1 amide bonds. The number of hydrogen-bond acceptors (Lipinski definition) is 5. The maximum atomic E-state index is 13.0. The summed E-state index contributed by atoms with van der Waals surface area (Å²) in [4.78, 5) is 14.8. The third-order valence-electron chi connectivity index (χ3n) is 5.21. The first-order valence-electron chi connectivity index (χ1n) is 9.76. The maximum absolute atomic E-state index is 13.0. The lowest BCUT2D eigenvalue weighted by Gasteiger charge is -2.38. The minimum Gasteiger partial charge on any atom is -0.491 e. The van der Waals surface area contributed by atoms with Crippen LogP contribution >= 0.6 is 0 Å². The van der Waals surface area contributed by atoms with Gasteiger partial charge in [-0.3, -0.25) is 4.79 Å². The molecule has 28 heavy (non-hydrogen) atoms. The Morgan fingerprint density at radius 1 is 1.18 bits per heavy atom. The number of carbonyl (C=O) groups is 1. The van der Waals surface area contributed by atoms with Gasteiger partial charge in [0, 0.05) is 25.9 Å². The van der Waals surface area contributed by atoms with Crippen LogP contribution in [0.4, 0.5) is 5.69 Å². The van der Waals surface area contributed by atoms with Crippen LogP contribution in [0.25, 0.3) is 0 Å². The number of nitrogens with one attached hydrogen (secondary N) is 1. The molecule has 1 N–H and O–H groups in total. The van der Waals surface area contributed by atoms with E-state index in [4.69, 9.17) is 14.2 Å². The van der Waals surface area contributed by atoms with E-state index in [-0.39, 0.29) is 18.2 Å². The summed E-state index contributed by atoms with van der Waals surface area (Å²) in [5.41, 5.74) is 2.54. The summed E-state index contributed by atoms with van der Waals surface area (Å²) in [7, 11) is 1.64. The first-order chi connectivity index (χ1) is 13.8. The molecule has 2 aliphatic rings. The molecular weight excluding hydrogens is 356 g/mol. The highest BCUT2D eigenvalue weighted by atomic mass is 16.5. The van der Waals surface area contributed by atoms with Gasteiger partial charge in [-0.2, -0.15) is 0 Å². The first-order valence-corrected chi connectivity index (χ1v) is 9.76. The lowest BCUT2D eigenvalue weighted by molar-refractivity contribution is 0.0608. The third-order valence-corrected chi connectivity index (χ3v) is 5.21. The van der Waals surface area contributed by atoms with Crippen molar-refractivity contribution in [3.8, 4) is 5.75 Å². The van der Waals surface area contributed by atoms with Gasteiger partial charge in [0.15, 0.2) is 0 Å². The highest BCUT2D eigenvalue weighted by molar-refractivity contribution is 6.01. The van der Waals surface area contributed by atoms with Gasteiger partial charge in [0.05, 0.1) is 18.3 Å². The second-order valence-electron chi connectivity index (χ2n) is 7.10. The highest BCUT2D eigenvalue weighted by Crippen LogP contribution is 2.33. The average Bonchev–Trinajstić information content (AvgIpc) is 3.26. The van der Waals surface area contributed by atoms with E-state index in [1.165, 1.54) is 0 Å². The zero-order chi connectivity index (χ0) is 19.3. The van der Waals surface area contributed by atoms with Gasteiger partial charge in [0.25, 0.3) is 5.91 Å². The minimum absolute atomic E-state index is 0.00936. The molecule has 6 nitrogen and oxygen atoms in total. The number of nitrogens with zero attached hydrogens (tertiary/aromatic N) is 1. The SMILES string of the molecule is COCCN1C(=O)c2ccccc2NC1c1ccc(OCC2CCCO2)cc1. The topological polar surface area (TPSA) is 60.0 Å². The molecule has 0 aliphatic carbocycles. The number of benzene rings is 2. The van der Waals surface area contributed by atoms with Gasteiger partial charge >= 0.3 is 0 Å². The Morgan fingerprint density at radius 2 is 2.00 bits per heavy atom. The monoisotopic (exact) mass is 382 g/mol. The highest BCUT2D eigenvalue weighted by Gasteiger charge is 2.32. The molecule has 0 spiro atoms. The van der Waals surface area contributed by atoms with E-state index < -0.39 is 0 Å². The van der Waals surface area contributed by atoms with Gasteiger partial charge in [-0.05, 0) is 42.7 Å². The fourth-order valence-electron chi connectivity index (χ4n) is 3.69. The zero-order valence-corrected chi connectivity index (χ0v) is 16.1.